The van der Waals surface area contributed by atoms with E-state index in [1.165, 1.54) is 6.20 Å². The summed E-state index contributed by atoms with van der Waals surface area (Å²) in [5, 5.41) is 0. The zero-order chi connectivity index (χ0) is 9.84. The standard InChI is InChI=1S/C8H9BrN2O2/c1-2-13-8(12)5-4-11-7(9)3-6(5)10/h3-4H,2H2,1H3,(H2,10,11). The van der Waals surface area contributed by atoms with Gasteiger partial charge in [0.2, 0.25) is 0 Å². The van der Waals surface area contributed by atoms with Gasteiger partial charge in [-0.05, 0) is 28.9 Å². The third kappa shape index (κ3) is 2.42. The van der Waals surface area contributed by atoms with Gasteiger partial charge in [0.1, 0.15) is 10.2 Å². The second kappa shape index (κ2) is 4.23. The number of pyridine rings is 1. The van der Waals surface area contributed by atoms with Crippen LogP contribution in [0.2, 0.25) is 0 Å². The second-order valence-corrected chi connectivity index (χ2v) is 3.13. The molecule has 0 aromatic carbocycles. The van der Waals surface area contributed by atoms with E-state index in [1.54, 1.807) is 13.0 Å². The smallest absolute Gasteiger partial charge is 0.341 e. The highest BCUT2D eigenvalue weighted by Crippen LogP contribution is 2.16. The van der Waals surface area contributed by atoms with Gasteiger partial charge in [-0.15, -0.1) is 0 Å². The summed E-state index contributed by atoms with van der Waals surface area (Å²) in [6, 6.07) is 1.56. The van der Waals surface area contributed by atoms with E-state index in [-0.39, 0.29) is 0 Å². The van der Waals surface area contributed by atoms with Crippen molar-refractivity contribution in [3.8, 4) is 0 Å². The summed E-state index contributed by atoms with van der Waals surface area (Å²) in [5.41, 5.74) is 6.24. The normalized spacial score (nSPS) is 9.69. The van der Waals surface area contributed by atoms with E-state index in [0.717, 1.165) is 0 Å². The zero-order valence-corrected chi connectivity index (χ0v) is 8.67. The molecule has 1 rings (SSSR count). The number of esters is 1. The van der Waals surface area contributed by atoms with E-state index < -0.39 is 5.97 Å². The molecular weight excluding hydrogens is 236 g/mol. The monoisotopic (exact) mass is 244 g/mol. The molecule has 0 amide bonds. The number of aromatic nitrogens is 1. The van der Waals surface area contributed by atoms with Crippen LogP contribution in [0.15, 0.2) is 16.9 Å². The number of nitrogens with two attached hydrogens (primary N) is 1. The second-order valence-electron chi connectivity index (χ2n) is 2.31. The van der Waals surface area contributed by atoms with Gasteiger partial charge in [-0.3, -0.25) is 0 Å². The van der Waals surface area contributed by atoms with Gasteiger partial charge >= 0.3 is 5.97 Å². The lowest BCUT2D eigenvalue weighted by atomic mass is 10.2. The predicted octanol–water partition coefficient (Wildman–Crippen LogP) is 1.60. The molecule has 0 radical (unpaired) electrons. The van der Waals surface area contributed by atoms with E-state index >= 15 is 0 Å². The number of nitrogens with zero attached hydrogens (tertiary/aromatic N) is 1. The summed E-state index contributed by atoms with van der Waals surface area (Å²) in [7, 11) is 0. The largest absolute Gasteiger partial charge is 0.462 e. The number of hydrogen-bond acceptors (Lipinski definition) is 4. The van der Waals surface area contributed by atoms with Crippen LogP contribution in [0, 0.1) is 0 Å². The Kier molecular flexibility index (Phi) is 3.25. The van der Waals surface area contributed by atoms with Gasteiger partial charge in [0.05, 0.1) is 12.3 Å². The van der Waals surface area contributed by atoms with Crippen LogP contribution in [0.1, 0.15) is 17.3 Å². The van der Waals surface area contributed by atoms with Gasteiger partial charge in [0, 0.05) is 6.20 Å². The molecule has 0 spiro atoms. The molecule has 70 valence electrons. The summed E-state index contributed by atoms with van der Waals surface area (Å²) >= 11 is 3.14. The van der Waals surface area contributed by atoms with E-state index in [9.17, 15) is 4.79 Å². The van der Waals surface area contributed by atoms with Crippen molar-refractivity contribution in [3.05, 3.63) is 22.4 Å². The number of carbonyl (C=O) groups is 1. The summed E-state index contributed by atoms with van der Waals surface area (Å²) in [5.74, 6) is -0.444. The van der Waals surface area contributed by atoms with Crippen molar-refractivity contribution in [2.24, 2.45) is 0 Å². The fourth-order valence-electron chi connectivity index (χ4n) is 0.823. The van der Waals surface area contributed by atoms with E-state index in [2.05, 4.69) is 20.9 Å². The SMILES string of the molecule is CCOC(=O)c1cnc(Br)cc1N. The van der Waals surface area contributed by atoms with Crippen LogP contribution in [0.25, 0.3) is 0 Å². The minimum atomic E-state index is -0.444. The van der Waals surface area contributed by atoms with Crippen molar-refractivity contribution in [2.75, 3.05) is 12.3 Å². The topological polar surface area (TPSA) is 65.2 Å². The van der Waals surface area contributed by atoms with Crippen molar-refractivity contribution >= 4 is 27.6 Å². The van der Waals surface area contributed by atoms with Crippen molar-refractivity contribution in [2.45, 2.75) is 6.92 Å². The van der Waals surface area contributed by atoms with E-state index in [0.29, 0.717) is 22.5 Å². The molecule has 0 atom stereocenters. The van der Waals surface area contributed by atoms with Crippen LogP contribution >= 0.6 is 15.9 Å². The van der Waals surface area contributed by atoms with Crippen LogP contribution in [-0.4, -0.2) is 17.6 Å². The fourth-order valence-corrected chi connectivity index (χ4v) is 1.17. The maximum Gasteiger partial charge on any atom is 0.341 e. The highest BCUT2D eigenvalue weighted by atomic mass is 79.9. The van der Waals surface area contributed by atoms with Crippen molar-refractivity contribution < 1.29 is 9.53 Å². The van der Waals surface area contributed by atoms with Gasteiger partial charge in [0.15, 0.2) is 0 Å². The molecule has 0 saturated carbocycles. The molecule has 5 heteroatoms. The first kappa shape index (κ1) is 9.98. The van der Waals surface area contributed by atoms with Crippen LogP contribution in [0.4, 0.5) is 5.69 Å². The number of halogens is 1. The Labute approximate surface area is 84.2 Å². The van der Waals surface area contributed by atoms with Gasteiger partial charge < -0.3 is 10.5 Å². The maximum atomic E-state index is 11.2. The van der Waals surface area contributed by atoms with Crippen LogP contribution in [-0.2, 0) is 4.74 Å². The van der Waals surface area contributed by atoms with Crippen LogP contribution in [0.3, 0.4) is 0 Å². The number of ether oxygens (including phenoxy) is 1. The molecule has 1 aromatic rings. The quantitative estimate of drug-likeness (QED) is 0.634. The number of anilines is 1. The van der Waals surface area contributed by atoms with E-state index in [1.807, 2.05) is 0 Å². The molecule has 1 aromatic heterocycles. The summed E-state index contributed by atoms with van der Waals surface area (Å²) in [6.07, 6.45) is 1.39. The number of hydrogen-bond donors (Lipinski definition) is 1. The first-order chi connectivity index (χ1) is 6.15. The highest BCUT2D eigenvalue weighted by Gasteiger charge is 2.10. The predicted molar refractivity (Wildman–Crippen MR) is 52.3 cm³/mol. The molecule has 0 unspecified atom stereocenters. The average molecular weight is 245 g/mol. The Hall–Kier alpha value is -1.10. The van der Waals surface area contributed by atoms with Crippen molar-refractivity contribution in [3.63, 3.8) is 0 Å². The molecule has 0 aliphatic heterocycles. The number of carbonyl (C=O) groups excluding carboxylic acids is 1. The number of nitrogen functional groups attached to an aromatic ring is 1. The molecule has 0 fully saturated rings. The van der Waals surface area contributed by atoms with Crippen molar-refractivity contribution in [1.82, 2.24) is 4.98 Å². The maximum absolute atomic E-state index is 11.2. The van der Waals surface area contributed by atoms with Gasteiger partial charge in [-0.2, -0.15) is 0 Å². The molecule has 4 nitrogen and oxygen atoms in total. The first-order valence-corrected chi connectivity index (χ1v) is 4.52. The molecule has 0 aliphatic carbocycles. The Bertz CT molecular complexity index is 328. The Morgan fingerprint density at radius 1 is 1.77 bits per heavy atom. The molecule has 0 bridgehead atoms. The van der Waals surface area contributed by atoms with Gasteiger partial charge in [0.25, 0.3) is 0 Å². The third-order valence-electron chi connectivity index (χ3n) is 1.40. The highest BCUT2D eigenvalue weighted by molar-refractivity contribution is 9.10. The average Bonchev–Trinajstić information content (AvgIpc) is 2.04. The van der Waals surface area contributed by atoms with Crippen molar-refractivity contribution in [1.29, 1.82) is 0 Å². The lowest BCUT2D eigenvalue weighted by Gasteiger charge is -2.04. The Morgan fingerprint density at radius 2 is 2.46 bits per heavy atom. The fraction of sp³-hybridized carbons (Fsp3) is 0.250. The number of rotatable bonds is 2. The molecular formula is C8H9BrN2O2. The lowest BCUT2D eigenvalue weighted by Crippen LogP contribution is -2.08. The minimum absolute atomic E-state index is 0.296. The van der Waals surface area contributed by atoms with Crippen LogP contribution in [0.5, 0.6) is 0 Å². The molecule has 2 N–H and O–H groups in total. The third-order valence-corrected chi connectivity index (χ3v) is 1.83. The zero-order valence-electron chi connectivity index (χ0n) is 7.08. The minimum Gasteiger partial charge on any atom is -0.462 e. The summed E-state index contributed by atoms with van der Waals surface area (Å²) < 4.78 is 5.37. The Balaban J connectivity index is 2.95. The van der Waals surface area contributed by atoms with Crippen LogP contribution < -0.4 is 5.73 Å². The van der Waals surface area contributed by atoms with Gasteiger partial charge in [-0.1, -0.05) is 0 Å². The molecule has 1 heterocycles. The Morgan fingerprint density at radius 3 is 3.00 bits per heavy atom. The van der Waals surface area contributed by atoms with E-state index in [4.69, 9.17) is 10.5 Å². The lowest BCUT2D eigenvalue weighted by molar-refractivity contribution is 0.0527. The summed E-state index contributed by atoms with van der Waals surface area (Å²) in [6.45, 7) is 2.06. The molecule has 0 saturated heterocycles. The van der Waals surface area contributed by atoms with Gasteiger partial charge in [-0.25, -0.2) is 9.78 Å². The first-order valence-electron chi connectivity index (χ1n) is 3.73. The summed E-state index contributed by atoms with van der Waals surface area (Å²) in [4.78, 5) is 15.1. The molecule has 13 heavy (non-hydrogen) atoms. The molecule has 0 aliphatic rings.